The van der Waals surface area contributed by atoms with E-state index in [1.807, 2.05) is 0 Å². The number of nitrogens with zero attached hydrogens (tertiary/aromatic N) is 3. The minimum atomic E-state index is -0.725. The number of pyridine rings is 1. The molecule has 0 spiro atoms. The van der Waals surface area contributed by atoms with Gasteiger partial charge in [-0.25, -0.2) is 9.78 Å². The van der Waals surface area contributed by atoms with Crippen molar-refractivity contribution in [1.82, 2.24) is 14.7 Å². The summed E-state index contributed by atoms with van der Waals surface area (Å²) >= 11 is 0. The highest BCUT2D eigenvalue weighted by atomic mass is 16.7. The number of carbonyl (C=O) groups is 1. The van der Waals surface area contributed by atoms with E-state index in [4.69, 9.17) is 15.3 Å². The van der Waals surface area contributed by atoms with Gasteiger partial charge in [-0.2, -0.15) is 4.98 Å². The number of aromatic nitrogens is 3. The SMILES string of the molecule is CCOC(=O)c1cc2cnc(N)nc2n(OC)c1=O. The first-order valence-corrected chi connectivity index (χ1v) is 5.48. The lowest BCUT2D eigenvalue weighted by Crippen LogP contribution is -2.31. The zero-order chi connectivity index (χ0) is 14.0. The Morgan fingerprint density at radius 1 is 1.53 bits per heavy atom. The highest BCUT2D eigenvalue weighted by Gasteiger charge is 2.18. The fourth-order valence-electron chi connectivity index (χ4n) is 1.61. The lowest BCUT2D eigenvalue weighted by molar-refractivity contribution is 0.0519. The van der Waals surface area contributed by atoms with Crippen molar-refractivity contribution in [2.24, 2.45) is 0 Å². The van der Waals surface area contributed by atoms with Gasteiger partial charge in [-0.1, -0.05) is 0 Å². The Morgan fingerprint density at radius 3 is 2.89 bits per heavy atom. The number of hydrogen-bond acceptors (Lipinski definition) is 7. The van der Waals surface area contributed by atoms with Crippen molar-refractivity contribution >= 4 is 23.0 Å². The largest absolute Gasteiger partial charge is 0.462 e. The smallest absolute Gasteiger partial charge is 0.343 e. The van der Waals surface area contributed by atoms with Gasteiger partial charge >= 0.3 is 5.97 Å². The van der Waals surface area contributed by atoms with Gasteiger partial charge in [0, 0.05) is 11.6 Å². The molecule has 2 N–H and O–H groups in total. The van der Waals surface area contributed by atoms with Crippen LogP contribution in [-0.2, 0) is 4.74 Å². The van der Waals surface area contributed by atoms with E-state index in [-0.39, 0.29) is 23.8 Å². The van der Waals surface area contributed by atoms with Gasteiger partial charge in [0.15, 0.2) is 5.65 Å². The first kappa shape index (κ1) is 12.8. The first-order valence-electron chi connectivity index (χ1n) is 5.48. The third-order valence-electron chi connectivity index (χ3n) is 2.40. The first-order chi connectivity index (χ1) is 9.08. The zero-order valence-electron chi connectivity index (χ0n) is 10.4. The second kappa shape index (κ2) is 4.92. The molecule has 0 atom stereocenters. The van der Waals surface area contributed by atoms with Crippen LogP contribution in [0.15, 0.2) is 17.1 Å². The summed E-state index contributed by atoms with van der Waals surface area (Å²) in [7, 11) is 1.29. The van der Waals surface area contributed by atoms with E-state index in [1.54, 1.807) is 6.92 Å². The Kier molecular flexibility index (Phi) is 3.32. The Morgan fingerprint density at radius 2 is 2.26 bits per heavy atom. The molecule has 2 heterocycles. The average Bonchev–Trinajstić information content (AvgIpc) is 2.38. The predicted octanol–water partition coefficient (Wildman–Crippen LogP) is -0.391. The second-order valence-electron chi connectivity index (χ2n) is 3.57. The fourth-order valence-corrected chi connectivity index (χ4v) is 1.61. The van der Waals surface area contributed by atoms with Crippen LogP contribution >= 0.6 is 0 Å². The predicted molar refractivity (Wildman–Crippen MR) is 66.7 cm³/mol. The van der Waals surface area contributed by atoms with Crippen molar-refractivity contribution in [3.05, 3.63) is 28.2 Å². The highest BCUT2D eigenvalue weighted by molar-refractivity contribution is 5.92. The standard InChI is InChI=1S/C11H12N4O4/c1-3-19-10(17)7-4-6-5-13-11(12)14-8(6)15(18-2)9(7)16/h4-5H,3H2,1-2H3,(H2,12,13,14). The summed E-state index contributed by atoms with van der Waals surface area (Å²) in [4.78, 5) is 36.4. The molecule has 2 rings (SSSR count). The van der Waals surface area contributed by atoms with E-state index >= 15 is 0 Å². The van der Waals surface area contributed by atoms with Crippen LogP contribution in [0.3, 0.4) is 0 Å². The molecule has 0 aromatic carbocycles. The minimum Gasteiger partial charge on any atom is -0.462 e. The van der Waals surface area contributed by atoms with Gasteiger partial charge in [-0.05, 0) is 13.0 Å². The summed E-state index contributed by atoms with van der Waals surface area (Å²) in [5.41, 5.74) is 4.84. The number of hydrogen-bond donors (Lipinski definition) is 1. The summed E-state index contributed by atoms with van der Waals surface area (Å²) in [6.07, 6.45) is 1.40. The van der Waals surface area contributed by atoms with Crippen molar-refractivity contribution in [3.63, 3.8) is 0 Å². The molecular formula is C11H12N4O4. The number of fused-ring (bicyclic) bond motifs is 1. The van der Waals surface area contributed by atoms with Gasteiger partial charge in [0.2, 0.25) is 5.95 Å². The number of ether oxygens (including phenoxy) is 1. The summed E-state index contributed by atoms with van der Waals surface area (Å²) in [6, 6.07) is 1.35. The third-order valence-corrected chi connectivity index (χ3v) is 2.40. The van der Waals surface area contributed by atoms with E-state index in [0.717, 1.165) is 4.73 Å². The Hall–Kier alpha value is -2.64. The van der Waals surface area contributed by atoms with Crippen LogP contribution in [0.25, 0.3) is 11.0 Å². The molecule has 2 aromatic heterocycles. The summed E-state index contributed by atoms with van der Waals surface area (Å²) < 4.78 is 5.68. The number of rotatable bonds is 3. The van der Waals surface area contributed by atoms with Crippen molar-refractivity contribution in [2.75, 3.05) is 19.5 Å². The van der Waals surface area contributed by atoms with Crippen LogP contribution in [0.1, 0.15) is 17.3 Å². The number of nitrogen functional groups attached to an aromatic ring is 1. The van der Waals surface area contributed by atoms with E-state index < -0.39 is 11.5 Å². The van der Waals surface area contributed by atoms with E-state index in [9.17, 15) is 9.59 Å². The van der Waals surface area contributed by atoms with E-state index in [0.29, 0.717) is 5.39 Å². The number of anilines is 1. The molecule has 8 nitrogen and oxygen atoms in total. The Labute approximate surface area is 107 Å². The molecule has 100 valence electrons. The normalized spacial score (nSPS) is 10.4. The molecule has 0 bridgehead atoms. The number of esters is 1. The van der Waals surface area contributed by atoms with Gasteiger partial charge in [-0.15, -0.1) is 4.73 Å². The average molecular weight is 264 g/mol. The van der Waals surface area contributed by atoms with Gasteiger partial charge in [0.05, 0.1) is 6.61 Å². The van der Waals surface area contributed by atoms with E-state index in [1.165, 1.54) is 19.4 Å². The quantitative estimate of drug-likeness (QED) is 0.751. The monoisotopic (exact) mass is 264 g/mol. The van der Waals surface area contributed by atoms with Gasteiger partial charge in [0.1, 0.15) is 12.7 Å². The molecule has 0 aliphatic rings. The molecule has 0 saturated heterocycles. The summed E-state index contributed by atoms with van der Waals surface area (Å²) in [6.45, 7) is 1.82. The van der Waals surface area contributed by atoms with Crippen molar-refractivity contribution < 1.29 is 14.4 Å². The number of nitrogens with two attached hydrogens (primary N) is 1. The van der Waals surface area contributed by atoms with Gasteiger partial charge in [-0.3, -0.25) is 4.79 Å². The zero-order valence-corrected chi connectivity index (χ0v) is 10.4. The minimum absolute atomic E-state index is 0.00147. The number of carbonyl (C=O) groups excluding carboxylic acids is 1. The maximum absolute atomic E-state index is 12.1. The van der Waals surface area contributed by atoms with Gasteiger partial charge in [0.25, 0.3) is 5.56 Å². The molecule has 8 heteroatoms. The lowest BCUT2D eigenvalue weighted by Gasteiger charge is -2.09. The molecule has 0 fully saturated rings. The Balaban J connectivity index is 2.75. The molecule has 0 radical (unpaired) electrons. The molecule has 0 saturated carbocycles. The molecule has 0 aliphatic carbocycles. The van der Waals surface area contributed by atoms with E-state index in [2.05, 4.69) is 9.97 Å². The maximum Gasteiger partial charge on any atom is 0.343 e. The van der Waals surface area contributed by atoms with Crippen LogP contribution in [0.5, 0.6) is 0 Å². The summed E-state index contributed by atoms with van der Waals surface area (Å²) in [5.74, 6) is -0.724. The molecule has 2 aromatic rings. The topological polar surface area (TPSA) is 109 Å². The molecule has 0 amide bonds. The van der Waals surface area contributed by atoms with Crippen molar-refractivity contribution in [1.29, 1.82) is 0 Å². The third kappa shape index (κ3) is 2.19. The van der Waals surface area contributed by atoms with Crippen LogP contribution in [0.2, 0.25) is 0 Å². The van der Waals surface area contributed by atoms with Crippen LogP contribution in [-0.4, -0.2) is 34.4 Å². The van der Waals surface area contributed by atoms with Crippen LogP contribution < -0.4 is 16.1 Å². The molecule has 0 aliphatic heterocycles. The van der Waals surface area contributed by atoms with Crippen LogP contribution in [0, 0.1) is 0 Å². The van der Waals surface area contributed by atoms with Crippen molar-refractivity contribution in [2.45, 2.75) is 6.92 Å². The summed E-state index contributed by atoms with van der Waals surface area (Å²) in [5, 5.41) is 0.443. The molecule has 19 heavy (non-hydrogen) atoms. The molecular weight excluding hydrogens is 252 g/mol. The van der Waals surface area contributed by atoms with Crippen LogP contribution in [0.4, 0.5) is 5.95 Å². The Bertz CT molecular complexity index is 695. The molecule has 0 unspecified atom stereocenters. The highest BCUT2D eigenvalue weighted by Crippen LogP contribution is 2.11. The lowest BCUT2D eigenvalue weighted by atomic mass is 10.2. The maximum atomic E-state index is 12.1. The van der Waals surface area contributed by atoms with Gasteiger partial charge < -0.3 is 15.3 Å². The second-order valence-corrected chi connectivity index (χ2v) is 3.57. The van der Waals surface area contributed by atoms with Crippen molar-refractivity contribution in [3.8, 4) is 0 Å². The fraction of sp³-hybridized carbons (Fsp3) is 0.273.